The molecule has 1 N–H and O–H groups in total. The topological polar surface area (TPSA) is 37.4 Å². The molecule has 0 aliphatic rings. The number of methoxy groups -OCH3 is 1. The van der Waals surface area contributed by atoms with E-state index in [2.05, 4.69) is 36.1 Å². The van der Waals surface area contributed by atoms with Gasteiger partial charge in [-0.15, -0.1) is 11.3 Å². The van der Waals surface area contributed by atoms with Crippen LogP contribution in [-0.4, -0.2) is 50.3 Å². The second kappa shape index (κ2) is 7.76. The number of aromatic nitrogens is 1. The van der Waals surface area contributed by atoms with Crippen LogP contribution in [0.15, 0.2) is 0 Å². The van der Waals surface area contributed by atoms with Gasteiger partial charge in [-0.3, -0.25) is 0 Å². The van der Waals surface area contributed by atoms with Crippen molar-refractivity contribution in [2.45, 2.75) is 20.4 Å². The molecule has 0 fully saturated rings. The fraction of sp³-hybridized carbons (Fsp3) is 0.750. The van der Waals surface area contributed by atoms with Crippen molar-refractivity contribution in [3.8, 4) is 0 Å². The zero-order chi connectivity index (χ0) is 12.7. The Bertz CT molecular complexity index is 308. The summed E-state index contributed by atoms with van der Waals surface area (Å²) < 4.78 is 5.03. The molecule has 1 aromatic heterocycles. The summed E-state index contributed by atoms with van der Waals surface area (Å²) in [4.78, 5) is 8.08. The Morgan fingerprint density at radius 1 is 1.35 bits per heavy atom. The molecule has 17 heavy (non-hydrogen) atoms. The molecule has 0 spiro atoms. The van der Waals surface area contributed by atoms with Crippen LogP contribution in [-0.2, 0) is 11.3 Å². The number of ether oxygens (including phenoxy) is 1. The van der Waals surface area contributed by atoms with E-state index in [0.29, 0.717) is 0 Å². The van der Waals surface area contributed by atoms with Crippen LogP contribution in [0, 0.1) is 13.8 Å². The molecule has 0 aliphatic heterocycles. The summed E-state index contributed by atoms with van der Waals surface area (Å²) in [6.07, 6.45) is 0. The lowest BCUT2D eigenvalue weighted by Crippen LogP contribution is -2.31. The first-order valence-electron chi connectivity index (χ1n) is 5.94. The minimum absolute atomic E-state index is 0.793. The first kappa shape index (κ1) is 14.6. The monoisotopic (exact) mass is 257 g/mol. The summed E-state index contributed by atoms with van der Waals surface area (Å²) in [6, 6.07) is 0. The minimum Gasteiger partial charge on any atom is -0.383 e. The van der Waals surface area contributed by atoms with Crippen molar-refractivity contribution in [3.63, 3.8) is 0 Å². The number of rotatable bonds is 8. The van der Waals surface area contributed by atoms with Crippen molar-refractivity contribution in [1.82, 2.24) is 15.2 Å². The third-order valence-corrected chi connectivity index (χ3v) is 3.77. The largest absolute Gasteiger partial charge is 0.383 e. The first-order chi connectivity index (χ1) is 8.13. The molecule has 0 aromatic carbocycles. The molecule has 0 radical (unpaired) electrons. The van der Waals surface area contributed by atoms with Crippen LogP contribution in [0.1, 0.15) is 15.6 Å². The van der Waals surface area contributed by atoms with Crippen molar-refractivity contribution < 1.29 is 4.74 Å². The van der Waals surface area contributed by atoms with E-state index in [1.54, 1.807) is 18.4 Å². The fourth-order valence-electron chi connectivity index (χ4n) is 1.44. The van der Waals surface area contributed by atoms with Crippen molar-refractivity contribution in [2.24, 2.45) is 0 Å². The van der Waals surface area contributed by atoms with Gasteiger partial charge in [0.05, 0.1) is 12.3 Å². The number of nitrogens with one attached hydrogen (secondary N) is 1. The van der Waals surface area contributed by atoms with Crippen LogP contribution >= 0.6 is 11.3 Å². The lowest BCUT2D eigenvalue weighted by molar-refractivity contribution is 0.161. The minimum atomic E-state index is 0.793. The summed E-state index contributed by atoms with van der Waals surface area (Å²) >= 11 is 1.78. The summed E-state index contributed by atoms with van der Waals surface area (Å²) in [5.41, 5.74) is 1.16. The van der Waals surface area contributed by atoms with E-state index in [-0.39, 0.29) is 0 Å². The number of thiazole rings is 1. The molecule has 1 aromatic rings. The van der Waals surface area contributed by atoms with Crippen molar-refractivity contribution >= 4 is 11.3 Å². The van der Waals surface area contributed by atoms with Crippen molar-refractivity contribution in [3.05, 3.63) is 15.6 Å². The summed E-state index contributed by atoms with van der Waals surface area (Å²) in [5, 5.41) is 4.60. The molecule has 4 nitrogen and oxygen atoms in total. The highest BCUT2D eigenvalue weighted by Crippen LogP contribution is 2.15. The van der Waals surface area contributed by atoms with Gasteiger partial charge in [0.1, 0.15) is 5.01 Å². The maximum absolute atomic E-state index is 5.03. The van der Waals surface area contributed by atoms with Crippen LogP contribution in [0.25, 0.3) is 0 Å². The molecule has 0 amide bonds. The highest BCUT2D eigenvalue weighted by molar-refractivity contribution is 7.11. The zero-order valence-electron chi connectivity index (χ0n) is 11.2. The fourth-order valence-corrected chi connectivity index (χ4v) is 2.34. The van der Waals surface area contributed by atoms with Crippen LogP contribution in [0.2, 0.25) is 0 Å². The summed E-state index contributed by atoms with van der Waals surface area (Å²) in [6.45, 7) is 8.85. The molecule has 1 rings (SSSR count). The number of hydrogen-bond acceptors (Lipinski definition) is 5. The Hall–Kier alpha value is -0.490. The lowest BCUT2D eigenvalue weighted by Gasteiger charge is -2.15. The normalized spacial score (nSPS) is 11.4. The highest BCUT2D eigenvalue weighted by Gasteiger charge is 2.03. The van der Waals surface area contributed by atoms with E-state index in [1.165, 1.54) is 9.88 Å². The van der Waals surface area contributed by atoms with Gasteiger partial charge in [0.2, 0.25) is 0 Å². The quantitative estimate of drug-likeness (QED) is 0.715. The molecular weight excluding hydrogens is 234 g/mol. The van der Waals surface area contributed by atoms with Gasteiger partial charge < -0.3 is 15.0 Å². The maximum Gasteiger partial charge on any atom is 0.107 e. The third kappa shape index (κ3) is 5.59. The molecule has 0 unspecified atom stereocenters. The number of likely N-dealkylation sites (N-methyl/N-ethyl adjacent to an activating group) is 1. The Balaban J connectivity index is 2.11. The van der Waals surface area contributed by atoms with E-state index in [4.69, 9.17) is 4.74 Å². The second-order valence-corrected chi connectivity index (χ2v) is 5.51. The summed E-state index contributed by atoms with van der Waals surface area (Å²) in [5.74, 6) is 0. The predicted molar refractivity (Wildman–Crippen MR) is 72.7 cm³/mol. The lowest BCUT2D eigenvalue weighted by atomic mass is 10.4. The van der Waals surface area contributed by atoms with E-state index >= 15 is 0 Å². The van der Waals surface area contributed by atoms with Gasteiger partial charge in [-0.05, 0) is 20.9 Å². The highest BCUT2D eigenvalue weighted by atomic mass is 32.1. The van der Waals surface area contributed by atoms with Crippen molar-refractivity contribution in [2.75, 3.05) is 40.4 Å². The van der Waals surface area contributed by atoms with Gasteiger partial charge in [-0.2, -0.15) is 0 Å². The Kier molecular flexibility index (Phi) is 6.65. The second-order valence-electron chi connectivity index (χ2n) is 4.22. The van der Waals surface area contributed by atoms with Crippen LogP contribution in [0.3, 0.4) is 0 Å². The Morgan fingerprint density at radius 2 is 2.12 bits per heavy atom. The Labute approximate surface area is 108 Å². The molecular formula is C12H23N3OS. The molecule has 5 heteroatoms. The molecule has 98 valence electrons. The molecule has 0 atom stereocenters. The average molecular weight is 257 g/mol. The van der Waals surface area contributed by atoms with E-state index in [0.717, 1.165) is 38.5 Å². The smallest absolute Gasteiger partial charge is 0.107 e. The molecule has 0 bridgehead atoms. The van der Waals surface area contributed by atoms with Crippen LogP contribution in [0.4, 0.5) is 0 Å². The molecule has 1 heterocycles. The Morgan fingerprint density at radius 3 is 2.71 bits per heavy atom. The first-order valence-corrected chi connectivity index (χ1v) is 6.76. The SMILES string of the molecule is COCCN(C)CCNCc1nc(C)c(C)s1. The van der Waals surface area contributed by atoms with Gasteiger partial charge in [0.25, 0.3) is 0 Å². The zero-order valence-corrected chi connectivity index (χ0v) is 12.1. The number of aryl methyl sites for hydroxylation is 2. The molecule has 0 saturated carbocycles. The van der Waals surface area contributed by atoms with Gasteiger partial charge in [-0.1, -0.05) is 0 Å². The van der Waals surface area contributed by atoms with Crippen LogP contribution < -0.4 is 5.32 Å². The average Bonchev–Trinajstić information content (AvgIpc) is 2.61. The van der Waals surface area contributed by atoms with Gasteiger partial charge >= 0.3 is 0 Å². The standard InChI is InChI=1S/C12H23N3OS/c1-10-11(2)17-12(14-10)9-13-5-6-15(3)7-8-16-4/h13H,5-9H2,1-4H3. The summed E-state index contributed by atoms with van der Waals surface area (Å²) in [7, 11) is 3.84. The molecule has 0 aliphatic carbocycles. The number of nitrogens with zero attached hydrogens (tertiary/aromatic N) is 2. The number of hydrogen-bond donors (Lipinski definition) is 1. The van der Waals surface area contributed by atoms with E-state index < -0.39 is 0 Å². The van der Waals surface area contributed by atoms with E-state index in [9.17, 15) is 0 Å². The van der Waals surface area contributed by atoms with Crippen LogP contribution in [0.5, 0.6) is 0 Å². The maximum atomic E-state index is 5.03. The van der Waals surface area contributed by atoms with Crippen molar-refractivity contribution in [1.29, 1.82) is 0 Å². The van der Waals surface area contributed by atoms with E-state index in [1.807, 2.05) is 0 Å². The molecule has 0 saturated heterocycles. The predicted octanol–water partition coefficient (Wildman–Crippen LogP) is 1.43. The third-order valence-electron chi connectivity index (χ3n) is 2.70. The van der Waals surface area contributed by atoms with Gasteiger partial charge in [0, 0.05) is 38.2 Å². The van der Waals surface area contributed by atoms with Gasteiger partial charge in [0.15, 0.2) is 0 Å². The van der Waals surface area contributed by atoms with Gasteiger partial charge in [-0.25, -0.2) is 4.98 Å².